The van der Waals surface area contributed by atoms with Gasteiger partial charge in [-0.05, 0) is 29.3 Å². The minimum Gasteiger partial charge on any atom is -0.467 e. The maximum absolute atomic E-state index is 14.2. The average molecular weight is 453 g/mol. The smallest absolute Gasteiger partial charge is 0.329 e. The van der Waals surface area contributed by atoms with Crippen molar-refractivity contribution < 1.29 is 23.5 Å². The molecular formula is C28H20FNO4. The molecule has 2 heterocycles. The van der Waals surface area contributed by atoms with E-state index in [9.17, 15) is 18.8 Å². The molecule has 0 saturated carbocycles. The lowest BCUT2D eigenvalue weighted by molar-refractivity contribution is -0.142. The molecule has 0 bridgehead atoms. The zero-order chi connectivity index (χ0) is 23.6. The number of anilines is 1. The van der Waals surface area contributed by atoms with Crippen molar-refractivity contribution in [2.45, 2.75) is 18.0 Å². The van der Waals surface area contributed by atoms with E-state index in [0.29, 0.717) is 16.7 Å². The van der Waals surface area contributed by atoms with Gasteiger partial charge in [-0.25, -0.2) is 9.18 Å². The molecule has 5 nitrogen and oxygen atoms in total. The van der Waals surface area contributed by atoms with Gasteiger partial charge in [0.15, 0.2) is 11.6 Å². The van der Waals surface area contributed by atoms with Crippen LogP contribution in [0.3, 0.4) is 0 Å². The average Bonchev–Trinajstić information content (AvgIpc) is 3.31. The van der Waals surface area contributed by atoms with Gasteiger partial charge < -0.3 is 9.64 Å². The van der Waals surface area contributed by atoms with Gasteiger partial charge in [0.25, 0.3) is 0 Å². The van der Waals surface area contributed by atoms with Crippen LogP contribution in [0, 0.1) is 11.2 Å². The Bertz CT molecular complexity index is 1360. The third-order valence-corrected chi connectivity index (χ3v) is 7.38. The van der Waals surface area contributed by atoms with Crippen LogP contribution in [0.5, 0.6) is 0 Å². The molecule has 6 heteroatoms. The number of nitrogens with zero attached hydrogens (tertiary/aromatic N) is 1. The van der Waals surface area contributed by atoms with Crippen LogP contribution < -0.4 is 4.90 Å². The molecule has 3 aromatic carbocycles. The van der Waals surface area contributed by atoms with Crippen LogP contribution in [0.4, 0.5) is 10.1 Å². The quantitative estimate of drug-likeness (QED) is 0.424. The van der Waals surface area contributed by atoms with E-state index in [0.717, 1.165) is 11.3 Å². The molecule has 1 aliphatic carbocycles. The van der Waals surface area contributed by atoms with Crippen molar-refractivity contribution in [2.24, 2.45) is 5.41 Å². The number of ether oxygens (including phenoxy) is 1. The standard InChI is InChI=1S/C28H20FNO4/c1-34-27(33)24-23(17-10-13-18(29)14-11-17)28(25(31)19-7-3-4-8-20(19)26(28)32)22-15-12-16-6-2-5-9-21(16)30(22)24/h2-15,22-24H,1H3. The van der Waals surface area contributed by atoms with E-state index in [4.69, 9.17) is 4.74 Å². The van der Waals surface area contributed by atoms with E-state index in [-0.39, 0.29) is 11.6 Å². The number of carbonyl (C=O) groups excluding carboxylic acids is 3. The van der Waals surface area contributed by atoms with Crippen LogP contribution in [0.1, 0.15) is 37.8 Å². The van der Waals surface area contributed by atoms with Gasteiger partial charge in [-0.15, -0.1) is 0 Å². The van der Waals surface area contributed by atoms with E-state index in [1.165, 1.54) is 19.2 Å². The van der Waals surface area contributed by atoms with Crippen LogP contribution in [0.25, 0.3) is 6.08 Å². The first-order valence-corrected chi connectivity index (χ1v) is 11.1. The fraction of sp³-hybridized carbons (Fsp3) is 0.179. The van der Waals surface area contributed by atoms with Crippen LogP contribution in [0.2, 0.25) is 0 Å². The minimum absolute atomic E-state index is 0.326. The highest BCUT2D eigenvalue weighted by Crippen LogP contribution is 2.60. The second-order valence-electron chi connectivity index (χ2n) is 8.84. The Kier molecular flexibility index (Phi) is 4.36. The molecule has 0 N–H and O–H groups in total. The molecule has 3 aromatic rings. The van der Waals surface area contributed by atoms with Gasteiger partial charge >= 0.3 is 5.97 Å². The molecular weight excluding hydrogens is 433 g/mol. The van der Waals surface area contributed by atoms with Gasteiger partial charge in [0.2, 0.25) is 0 Å². The summed E-state index contributed by atoms with van der Waals surface area (Å²) in [6, 6.07) is 18.3. The number of Topliss-reactive ketones (excluding diaryl/α,β-unsaturated/α-hetero) is 2. The third kappa shape index (κ3) is 2.45. The Balaban J connectivity index is 1.69. The van der Waals surface area contributed by atoms with Gasteiger partial charge in [0.1, 0.15) is 17.3 Å². The molecule has 0 amide bonds. The van der Waals surface area contributed by atoms with E-state index in [1.807, 2.05) is 41.3 Å². The first-order valence-electron chi connectivity index (χ1n) is 11.1. The molecule has 3 unspecified atom stereocenters. The predicted octanol–water partition coefficient (Wildman–Crippen LogP) is 4.43. The van der Waals surface area contributed by atoms with Crippen molar-refractivity contribution in [1.82, 2.24) is 0 Å². The molecule has 3 aliphatic rings. The molecule has 6 rings (SSSR count). The lowest BCUT2D eigenvalue weighted by Gasteiger charge is -2.36. The summed E-state index contributed by atoms with van der Waals surface area (Å²) in [5.74, 6) is -2.53. The number of esters is 1. The normalized spacial score (nSPS) is 23.6. The third-order valence-electron chi connectivity index (χ3n) is 7.38. The summed E-state index contributed by atoms with van der Waals surface area (Å²) in [6.07, 6.45) is 3.73. The number of fused-ring (bicyclic) bond motifs is 5. The van der Waals surface area contributed by atoms with Crippen LogP contribution in [0.15, 0.2) is 78.9 Å². The maximum Gasteiger partial charge on any atom is 0.329 e. The highest BCUT2D eigenvalue weighted by molar-refractivity contribution is 6.32. The highest BCUT2D eigenvalue weighted by Gasteiger charge is 2.71. The van der Waals surface area contributed by atoms with E-state index in [2.05, 4.69) is 0 Å². The molecule has 168 valence electrons. The van der Waals surface area contributed by atoms with Gasteiger partial charge in [-0.2, -0.15) is 0 Å². The topological polar surface area (TPSA) is 63.7 Å². The lowest BCUT2D eigenvalue weighted by atomic mass is 9.65. The van der Waals surface area contributed by atoms with Crippen LogP contribution in [-0.4, -0.2) is 36.7 Å². The van der Waals surface area contributed by atoms with Crippen LogP contribution >= 0.6 is 0 Å². The predicted molar refractivity (Wildman–Crippen MR) is 124 cm³/mol. The van der Waals surface area contributed by atoms with Gasteiger partial charge in [-0.3, -0.25) is 9.59 Å². The summed E-state index contributed by atoms with van der Waals surface area (Å²) in [4.78, 5) is 43.6. The summed E-state index contributed by atoms with van der Waals surface area (Å²) in [5.41, 5.74) is 1.25. The number of ketones is 2. The Morgan fingerprint density at radius 1 is 0.912 bits per heavy atom. The Morgan fingerprint density at radius 2 is 1.53 bits per heavy atom. The SMILES string of the molecule is COC(=O)C1C(c2ccc(F)cc2)C2(C(=O)c3ccccc3C2=O)C2C=Cc3ccccc3N12. The molecule has 2 aliphatic heterocycles. The van der Waals surface area contributed by atoms with E-state index in [1.54, 1.807) is 36.4 Å². The van der Waals surface area contributed by atoms with Crippen molar-refractivity contribution in [1.29, 1.82) is 0 Å². The highest BCUT2D eigenvalue weighted by atomic mass is 19.1. The second kappa shape index (κ2) is 7.22. The molecule has 1 fully saturated rings. The lowest BCUT2D eigenvalue weighted by Crippen LogP contribution is -2.48. The van der Waals surface area contributed by atoms with E-state index >= 15 is 0 Å². The molecule has 1 saturated heterocycles. The fourth-order valence-electron chi connectivity index (χ4n) is 6.05. The van der Waals surface area contributed by atoms with Crippen LogP contribution in [-0.2, 0) is 9.53 Å². The number of methoxy groups -OCH3 is 1. The van der Waals surface area contributed by atoms with Gasteiger partial charge in [0, 0.05) is 22.7 Å². The number of halogens is 1. The Morgan fingerprint density at radius 3 is 2.18 bits per heavy atom. The molecule has 0 aromatic heterocycles. The van der Waals surface area contributed by atoms with Crippen molar-refractivity contribution in [3.63, 3.8) is 0 Å². The number of hydrogen-bond acceptors (Lipinski definition) is 5. The summed E-state index contributed by atoms with van der Waals surface area (Å²) in [5, 5.41) is 0. The van der Waals surface area contributed by atoms with Crippen molar-refractivity contribution in [2.75, 3.05) is 12.0 Å². The number of rotatable bonds is 2. The summed E-state index contributed by atoms with van der Waals surface area (Å²) < 4.78 is 19.1. The second-order valence-corrected chi connectivity index (χ2v) is 8.84. The van der Waals surface area contributed by atoms with Crippen molar-refractivity contribution >= 4 is 29.3 Å². The van der Waals surface area contributed by atoms with Crippen molar-refractivity contribution in [3.05, 3.63) is 107 Å². The molecule has 0 radical (unpaired) electrons. The molecule has 1 spiro atoms. The first-order chi connectivity index (χ1) is 16.5. The van der Waals surface area contributed by atoms with Gasteiger partial charge in [-0.1, -0.05) is 66.7 Å². The number of hydrogen-bond donors (Lipinski definition) is 0. The summed E-state index contributed by atoms with van der Waals surface area (Å²) in [6.45, 7) is 0. The van der Waals surface area contributed by atoms with E-state index < -0.39 is 35.2 Å². The maximum atomic E-state index is 14.2. The monoisotopic (exact) mass is 453 g/mol. The zero-order valence-electron chi connectivity index (χ0n) is 18.3. The summed E-state index contributed by atoms with van der Waals surface area (Å²) in [7, 11) is 1.29. The zero-order valence-corrected chi connectivity index (χ0v) is 18.3. The minimum atomic E-state index is -1.59. The summed E-state index contributed by atoms with van der Waals surface area (Å²) >= 11 is 0. The number of para-hydroxylation sites is 1. The number of carbonyl (C=O) groups is 3. The Hall–Kier alpha value is -4.06. The van der Waals surface area contributed by atoms with Crippen molar-refractivity contribution in [3.8, 4) is 0 Å². The molecule has 34 heavy (non-hydrogen) atoms. The Labute approximate surface area is 195 Å². The van der Waals surface area contributed by atoms with Gasteiger partial charge in [0.05, 0.1) is 13.2 Å². The first kappa shape index (κ1) is 20.5. The molecule has 3 atom stereocenters. The largest absolute Gasteiger partial charge is 0.467 e. The number of benzene rings is 3. The fourth-order valence-corrected chi connectivity index (χ4v) is 6.05.